The summed E-state index contributed by atoms with van der Waals surface area (Å²) in [6.45, 7) is 0. The molecule has 0 saturated heterocycles. The molecular formula is C3H4Cl2Mg. The molecule has 0 radical (unpaired) electrons. The van der Waals surface area contributed by atoms with Crippen LogP contribution in [0.5, 0.6) is 0 Å². The quantitative estimate of drug-likeness (QED) is 0.271. The van der Waals surface area contributed by atoms with Crippen LogP contribution in [0.4, 0.5) is 0 Å². The molecule has 0 aromatic carbocycles. The van der Waals surface area contributed by atoms with Crippen LogP contribution in [0.15, 0.2) is 0 Å². The second-order valence-corrected chi connectivity index (χ2v) is 1.55. The van der Waals surface area contributed by atoms with Gasteiger partial charge in [0.1, 0.15) is 0 Å². The van der Waals surface area contributed by atoms with E-state index in [9.17, 15) is 0 Å². The fraction of sp³-hybridized carbons (Fsp3) is 0.667. The van der Waals surface area contributed by atoms with Gasteiger partial charge in [-0.05, 0) is 0 Å². The van der Waals surface area contributed by atoms with Gasteiger partial charge in [0.2, 0.25) is 0 Å². The zero-order valence-electron chi connectivity index (χ0n) is 3.38. The molecule has 0 bridgehead atoms. The molecule has 1 aliphatic carbocycles. The second-order valence-electron chi connectivity index (χ2n) is 1.02. The molecule has 0 aliphatic heterocycles. The van der Waals surface area contributed by atoms with E-state index in [1.807, 2.05) is 0 Å². The fourth-order valence-corrected chi connectivity index (χ4v) is 0.142. The summed E-state index contributed by atoms with van der Waals surface area (Å²) in [7, 11) is 0. The summed E-state index contributed by atoms with van der Waals surface area (Å²) in [4.78, 5) is 0. The molecule has 0 aromatic rings. The predicted molar refractivity (Wildman–Crippen MR) is 24.1 cm³/mol. The van der Waals surface area contributed by atoms with Crippen molar-refractivity contribution >= 4 is 34.7 Å². The van der Waals surface area contributed by atoms with Crippen LogP contribution < -0.4 is 12.4 Å². The van der Waals surface area contributed by atoms with E-state index in [4.69, 9.17) is 11.6 Å². The van der Waals surface area contributed by atoms with Gasteiger partial charge >= 0.3 is 23.1 Å². The average Bonchev–Trinajstić information content (AvgIpc) is 1.75. The molecule has 0 N–H and O–H groups in total. The Hall–Kier alpha value is 1.35. The minimum Gasteiger partial charge on any atom is -1.00 e. The van der Waals surface area contributed by atoms with E-state index in [1.165, 1.54) is 12.8 Å². The van der Waals surface area contributed by atoms with Gasteiger partial charge in [-0.25, -0.2) is 5.38 Å². The Bertz CT molecular complexity index is 28.0. The van der Waals surface area contributed by atoms with Crippen LogP contribution in [-0.2, 0) is 0 Å². The SMILES string of the molecule is Cl[C-]1CC1.[Cl-].[Mg+2]. The summed E-state index contributed by atoms with van der Waals surface area (Å²) in [5.41, 5.74) is 0. The summed E-state index contributed by atoms with van der Waals surface area (Å²) < 4.78 is 0. The van der Waals surface area contributed by atoms with Gasteiger partial charge < -0.3 is 24.0 Å². The Morgan fingerprint density at radius 3 is 1.50 bits per heavy atom. The number of hydrogen-bond acceptors (Lipinski definition) is 0. The average molecular weight is 135 g/mol. The maximum Gasteiger partial charge on any atom is 2.00 e. The zero-order valence-corrected chi connectivity index (χ0v) is 6.30. The largest absolute Gasteiger partial charge is 2.00 e. The van der Waals surface area contributed by atoms with Gasteiger partial charge in [0.25, 0.3) is 0 Å². The van der Waals surface area contributed by atoms with E-state index >= 15 is 0 Å². The Balaban J connectivity index is 0. The van der Waals surface area contributed by atoms with Crippen LogP contribution in [0.1, 0.15) is 12.8 Å². The van der Waals surface area contributed by atoms with Gasteiger partial charge in [-0.3, -0.25) is 0 Å². The van der Waals surface area contributed by atoms with Crippen molar-refractivity contribution in [2.75, 3.05) is 0 Å². The molecule has 1 fully saturated rings. The first kappa shape index (κ1) is 10.4. The third kappa shape index (κ3) is 5.35. The standard InChI is InChI=1S/C3H4Cl.ClH.Mg/c4-3-1-2-3;;/h1-2H2;1H;/q-1;;+2/p-1. The molecule has 0 aromatic heterocycles. The molecule has 0 heterocycles. The van der Waals surface area contributed by atoms with Crippen molar-refractivity contribution in [1.82, 2.24) is 0 Å². The van der Waals surface area contributed by atoms with Crippen LogP contribution in [0.25, 0.3) is 0 Å². The molecule has 0 nitrogen and oxygen atoms in total. The summed E-state index contributed by atoms with van der Waals surface area (Å²) in [5, 5.41) is 1.14. The van der Waals surface area contributed by atoms with Crippen molar-refractivity contribution < 1.29 is 12.4 Å². The molecule has 1 saturated carbocycles. The number of halogens is 2. The molecule has 0 unspecified atom stereocenters. The molecule has 0 amide bonds. The minimum atomic E-state index is 0. The maximum absolute atomic E-state index is 5.30. The van der Waals surface area contributed by atoms with Gasteiger partial charge in [0.15, 0.2) is 0 Å². The third-order valence-electron chi connectivity index (χ3n) is 0.439. The van der Waals surface area contributed by atoms with Crippen LogP contribution in [0.3, 0.4) is 0 Å². The Kier molecular flexibility index (Phi) is 7.77. The van der Waals surface area contributed by atoms with Crippen molar-refractivity contribution in [2.24, 2.45) is 0 Å². The first-order chi connectivity index (χ1) is 1.89. The first-order valence-corrected chi connectivity index (χ1v) is 1.77. The van der Waals surface area contributed by atoms with Gasteiger partial charge in [0, 0.05) is 0 Å². The van der Waals surface area contributed by atoms with E-state index in [-0.39, 0.29) is 35.5 Å². The second kappa shape index (κ2) is 4.50. The van der Waals surface area contributed by atoms with Crippen molar-refractivity contribution in [3.63, 3.8) is 0 Å². The van der Waals surface area contributed by atoms with Crippen LogP contribution in [0, 0.1) is 5.38 Å². The first-order valence-electron chi connectivity index (χ1n) is 1.40. The zero-order chi connectivity index (χ0) is 2.99. The van der Waals surface area contributed by atoms with E-state index in [0.29, 0.717) is 0 Å². The summed E-state index contributed by atoms with van der Waals surface area (Å²) in [5.74, 6) is 0. The maximum atomic E-state index is 5.30. The van der Waals surface area contributed by atoms with Crippen LogP contribution >= 0.6 is 11.6 Å². The van der Waals surface area contributed by atoms with Gasteiger partial charge in [-0.15, -0.1) is 0 Å². The summed E-state index contributed by atoms with van der Waals surface area (Å²) >= 11 is 5.30. The smallest absolute Gasteiger partial charge is 1.00 e. The van der Waals surface area contributed by atoms with Gasteiger partial charge in [-0.1, -0.05) is 0 Å². The molecule has 3 heteroatoms. The molecule has 0 atom stereocenters. The van der Waals surface area contributed by atoms with Crippen LogP contribution in [-0.4, -0.2) is 23.1 Å². The van der Waals surface area contributed by atoms with Crippen molar-refractivity contribution in [3.05, 3.63) is 5.38 Å². The Morgan fingerprint density at radius 1 is 1.33 bits per heavy atom. The molecule has 6 heavy (non-hydrogen) atoms. The van der Waals surface area contributed by atoms with E-state index in [2.05, 4.69) is 0 Å². The Morgan fingerprint density at radius 2 is 1.50 bits per heavy atom. The van der Waals surface area contributed by atoms with Crippen LogP contribution in [0.2, 0.25) is 0 Å². The Labute approximate surface area is 65.2 Å². The molecule has 32 valence electrons. The number of rotatable bonds is 0. The fourth-order valence-electron chi connectivity index (χ4n) is 0.0472. The summed E-state index contributed by atoms with van der Waals surface area (Å²) in [6.07, 6.45) is 2.34. The normalized spacial score (nSPS) is 17.5. The monoisotopic (exact) mass is 134 g/mol. The minimum absolute atomic E-state index is 0. The number of hydrogen-bond donors (Lipinski definition) is 0. The molecular weight excluding hydrogens is 131 g/mol. The van der Waals surface area contributed by atoms with Crippen molar-refractivity contribution in [2.45, 2.75) is 12.8 Å². The molecule has 1 rings (SSSR count). The van der Waals surface area contributed by atoms with Gasteiger partial charge in [-0.2, -0.15) is 12.8 Å². The third-order valence-corrected chi connectivity index (χ3v) is 0.817. The topological polar surface area (TPSA) is 0 Å². The predicted octanol–water partition coefficient (Wildman–Crippen LogP) is -1.83. The molecule has 1 aliphatic rings. The summed E-state index contributed by atoms with van der Waals surface area (Å²) in [6, 6.07) is 0. The van der Waals surface area contributed by atoms with Gasteiger partial charge in [0.05, 0.1) is 0 Å². The van der Waals surface area contributed by atoms with E-state index in [0.717, 1.165) is 5.38 Å². The van der Waals surface area contributed by atoms with E-state index < -0.39 is 0 Å². The van der Waals surface area contributed by atoms with Crippen molar-refractivity contribution in [1.29, 1.82) is 0 Å². The van der Waals surface area contributed by atoms with Crippen molar-refractivity contribution in [3.8, 4) is 0 Å². The van der Waals surface area contributed by atoms with E-state index in [1.54, 1.807) is 0 Å². The molecule has 0 spiro atoms.